The Labute approximate surface area is 91.2 Å². The van der Waals surface area contributed by atoms with Crippen LogP contribution in [0, 0.1) is 0 Å². The van der Waals surface area contributed by atoms with Crippen molar-refractivity contribution in [1.82, 2.24) is 9.88 Å². The number of carbonyl (C=O) groups is 1. The minimum atomic E-state index is -2.57. The van der Waals surface area contributed by atoms with Crippen LogP contribution in [0.2, 0.25) is 0 Å². The third kappa shape index (κ3) is 3.13. The van der Waals surface area contributed by atoms with Gasteiger partial charge in [-0.2, -0.15) is 0 Å². The van der Waals surface area contributed by atoms with Gasteiger partial charge in [0.05, 0.1) is 12.2 Å². The average Bonchev–Trinajstić information content (AvgIpc) is 2.27. The maximum Gasteiger partial charge on any atom is 0.272 e. The quantitative estimate of drug-likeness (QED) is 0.590. The van der Waals surface area contributed by atoms with Crippen molar-refractivity contribution in [2.45, 2.75) is 6.43 Å². The predicted octanol–water partition coefficient (Wildman–Crippen LogP) is 0.704. The van der Waals surface area contributed by atoms with Gasteiger partial charge < -0.3 is 10.3 Å². The number of alkyl halides is 2. The van der Waals surface area contributed by atoms with Crippen molar-refractivity contribution >= 4 is 11.6 Å². The maximum absolute atomic E-state index is 12.1. The number of hydrogen-bond acceptors (Lipinski definition) is 4. The van der Waals surface area contributed by atoms with E-state index in [0.717, 1.165) is 4.90 Å². The number of aromatic nitrogens is 1. The van der Waals surface area contributed by atoms with Gasteiger partial charge in [0.2, 0.25) is 0 Å². The Bertz CT molecular complexity index is 372. The Hall–Kier alpha value is -1.76. The van der Waals surface area contributed by atoms with Crippen molar-refractivity contribution in [2.75, 3.05) is 19.0 Å². The zero-order valence-corrected chi connectivity index (χ0v) is 8.65. The van der Waals surface area contributed by atoms with Gasteiger partial charge in [-0.15, -0.1) is 0 Å². The number of halogens is 2. The van der Waals surface area contributed by atoms with Gasteiger partial charge in [-0.05, 0) is 12.1 Å². The first-order chi connectivity index (χ1) is 7.54. The molecular formula is C9H12F2N4O. The molecular weight excluding hydrogens is 218 g/mol. The highest BCUT2D eigenvalue weighted by Crippen LogP contribution is 2.08. The molecule has 1 aromatic heterocycles. The van der Waals surface area contributed by atoms with Crippen LogP contribution in [0.1, 0.15) is 10.5 Å². The number of pyridine rings is 1. The molecule has 1 rings (SSSR count). The second-order valence-corrected chi connectivity index (χ2v) is 3.15. The summed E-state index contributed by atoms with van der Waals surface area (Å²) in [5.74, 6) is 4.58. The summed E-state index contributed by atoms with van der Waals surface area (Å²) < 4.78 is 24.1. The van der Waals surface area contributed by atoms with Crippen LogP contribution in [0.15, 0.2) is 18.3 Å². The van der Waals surface area contributed by atoms with Crippen molar-refractivity contribution in [1.29, 1.82) is 0 Å². The normalized spacial score (nSPS) is 10.3. The molecule has 0 unspecified atom stereocenters. The molecule has 1 aromatic rings. The van der Waals surface area contributed by atoms with Gasteiger partial charge in [0.25, 0.3) is 12.3 Å². The molecule has 5 nitrogen and oxygen atoms in total. The lowest BCUT2D eigenvalue weighted by Crippen LogP contribution is -2.31. The summed E-state index contributed by atoms with van der Waals surface area (Å²) in [6.07, 6.45) is -1.19. The summed E-state index contributed by atoms with van der Waals surface area (Å²) in [5, 5.41) is 0. The molecule has 16 heavy (non-hydrogen) atoms. The number of nitrogen functional groups attached to an aromatic ring is 1. The highest BCUT2D eigenvalue weighted by molar-refractivity contribution is 5.92. The third-order valence-corrected chi connectivity index (χ3v) is 1.90. The molecule has 1 amide bonds. The number of nitrogens with one attached hydrogen (secondary N) is 1. The van der Waals surface area contributed by atoms with Crippen molar-refractivity contribution in [3.63, 3.8) is 0 Å². The second kappa shape index (κ2) is 5.36. The van der Waals surface area contributed by atoms with Crippen molar-refractivity contribution in [3.8, 4) is 0 Å². The van der Waals surface area contributed by atoms with Crippen LogP contribution in [0.3, 0.4) is 0 Å². The molecule has 3 N–H and O–H groups in total. The van der Waals surface area contributed by atoms with Gasteiger partial charge in [-0.1, -0.05) is 0 Å². The van der Waals surface area contributed by atoms with Crippen LogP contribution in [0.25, 0.3) is 0 Å². The van der Waals surface area contributed by atoms with E-state index in [1.807, 2.05) is 0 Å². The van der Waals surface area contributed by atoms with Crippen molar-refractivity contribution in [2.24, 2.45) is 5.84 Å². The van der Waals surface area contributed by atoms with E-state index in [2.05, 4.69) is 10.4 Å². The average molecular weight is 230 g/mol. The van der Waals surface area contributed by atoms with Gasteiger partial charge in [-0.25, -0.2) is 8.78 Å². The number of anilines is 1. The van der Waals surface area contributed by atoms with Gasteiger partial charge in [-0.3, -0.25) is 15.6 Å². The number of carbonyl (C=O) groups excluding carboxylic acids is 1. The summed E-state index contributed by atoms with van der Waals surface area (Å²) in [4.78, 5) is 16.3. The standard InChI is InChI=1S/C9H12F2N4O/c1-15(5-8(10)11)9(16)7-4-6(14-12)2-3-13-7/h2-4,8H,5,12H2,1H3,(H,13,14). The minimum Gasteiger partial charge on any atom is -0.335 e. The molecule has 7 heteroatoms. The number of nitrogens with zero attached hydrogens (tertiary/aromatic N) is 2. The topological polar surface area (TPSA) is 71.2 Å². The summed E-state index contributed by atoms with van der Waals surface area (Å²) in [6, 6.07) is 2.95. The van der Waals surface area contributed by atoms with Crippen molar-refractivity contribution in [3.05, 3.63) is 24.0 Å². The lowest BCUT2D eigenvalue weighted by atomic mass is 10.3. The van der Waals surface area contributed by atoms with Crippen LogP contribution in [-0.4, -0.2) is 35.8 Å². The fraction of sp³-hybridized carbons (Fsp3) is 0.333. The molecule has 88 valence electrons. The van der Waals surface area contributed by atoms with Gasteiger partial charge >= 0.3 is 0 Å². The van der Waals surface area contributed by atoms with E-state index < -0.39 is 18.9 Å². The van der Waals surface area contributed by atoms with E-state index in [1.54, 1.807) is 6.07 Å². The Balaban J connectivity index is 2.79. The van der Waals surface area contributed by atoms with Crippen LogP contribution < -0.4 is 11.3 Å². The van der Waals surface area contributed by atoms with Crippen LogP contribution in [-0.2, 0) is 0 Å². The second-order valence-electron chi connectivity index (χ2n) is 3.15. The summed E-state index contributed by atoms with van der Waals surface area (Å²) >= 11 is 0. The Kier molecular flexibility index (Phi) is 4.12. The van der Waals surface area contributed by atoms with Crippen LogP contribution in [0.5, 0.6) is 0 Å². The van der Waals surface area contributed by atoms with Gasteiger partial charge in [0.1, 0.15) is 5.69 Å². The zero-order chi connectivity index (χ0) is 12.1. The number of rotatable bonds is 4. The fourth-order valence-electron chi connectivity index (χ4n) is 1.12. The molecule has 0 aromatic carbocycles. The van der Waals surface area contributed by atoms with Crippen LogP contribution >= 0.6 is 0 Å². The predicted molar refractivity (Wildman–Crippen MR) is 55.0 cm³/mol. The van der Waals surface area contributed by atoms with Gasteiger partial charge in [0.15, 0.2) is 0 Å². The maximum atomic E-state index is 12.1. The number of hydrogen-bond donors (Lipinski definition) is 2. The van der Waals surface area contributed by atoms with E-state index in [1.165, 1.54) is 19.3 Å². The zero-order valence-electron chi connectivity index (χ0n) is 8.65. The van der Waals surface area contributed by atoms with Crippen molar-refractivity contribution < 1.29 is 13.6 Å². The molecule has 0 bridgehead atoms. The lowest BCUT2D eigenvalue weighted by molar-refractivity contribution is 0.0615. The first-order valence-corrected chi connectivity index (χ1v) is 4.51. The molecule has 0 atom stereocenters. The monoisotopic (exact) mass is 230 g/mol. The molecule has 0 saturated heterocycles. The molecule has 0 aliphatic carbocycles. The fourth-order valence-corrected chi connectivity index (χ4v) is 1.12. The van der Waals surface area contributed by atoms with Gasteiger partial charge in [0, 0.05) is 13.2 Å². The highest BCUT2D eigenvalue weighted by Gasteiger charge is 2.16. The molecule has 0 aliphatic rings. The van der Waals surface area contributed by atoms with E-state index in [-0.39, 0.29) is 5.69 Å². The number of amides is 1. The molecule has 0 radical (unpaired) electrons. The summed E-state index contributed by atoms with van der Waals surface area (Å²) in [5.41, 5.74) is 2.90. The summed E-state index contributed by atoms with van der Waals surface area (Å²) in [6.45, 7) is -0.624. The third-order valence-electron chi connectivity index (χ3n) is 1.90. The smallest absolute Gasteiger partial charge is 0.272 e. The van der Waals surface area contributed by atoms with E-state index in [0.29, 0.717) is 5.69 Å². The molecule has 0 saturated carbocycles. The molecule has 0 fully saturated rings. The van der Waals surface area contributed by atoms with E-state index in [4.69, 9.17) is 5.84 Å². The van der Waals surface area contributed by atoms with E-state index in [9.17, 15) is 13.6 Å². The SMILES string of the molecule is CN(CC(F)F)C(=O)c1cc(NN)ccn1. The Morgan fingerprint density at radius 1 is 1.69 bits per heavy atom. The lowest BCUT2D eigenvalue weighted by Gasteiger charge is -2.16. The van der Waals surface area contributed by atoms with Crippen LogP contribution in [0.4, 0.5) is 14.5 Å². The highest BCUT2D eigenvalue weighted by atomic mass is 19.3. The number of hydrazine groups is 1. The largest absolute Gasteiger partial charge is 0.335 e. The first kappa shape index (κ1) is 12.3. The molecule has 0 spiro atoms. The Morgan fingerprint density at radius 3 is 2.94 bits per heavy atom. The summed E-state index contributed by atoms with van der Waals surface area (Å²) in [7, 11) is 1.29. The first-order valence-electron chi connectivity index (χ1n) is 4.51. The minimum absolute atomic E-state index is 0.0681. The molecule has 0 aliphatic heterocycles. The number of nitrogens with two attached hydrogens (primary N) is 1. The Morgan fingerprint density at radius 2 is 2.38 bits per heavy atom. The molecule has 1 heterocycles. The van der Waals surface area contributed by atoms with E-state index >= 15 is 0 Å².